The molecule has 1 aliphatic rings. The zero-order valence-electron chi connectivity index (χ0n) is 48.2. The first-order valence-corrected chi connectivity index (χ1v) is 32.1. The maximum Gasteiger partial charge on any atom is 0.0110 e. The zero-order chi connectivity index (χ0) is 49.4. The van der Waals surface area contributed by atoms with Gasteiger partial charge in [-0.3, -0.25) is 9.80 Å². The molecule has 0 unspecified atom stereocenters. The molecular weight excluding hydrogens is 839 g/mol. The van der Waals surface area contributed by atoms with Crippen molar-refractivity contribution < 1.29 is 0 Å². The zero-order valence-corrected chi connectivity index (χ0v) is 48.2. The first-order valence-electron chi connectivity index (χ1n) is 32.1. The number of hydrogen-bond acceptors (Lipinski definition) is 5. The molecule has 1 fully saturated rings. The summed E-state index contributed by atoms with van der Waals surface area (Å²) in [6, 6.07) is 0. The molecule has 69 heavy (non-hydrogen) atoms. The van der Waals surface area contributed by atoms with E-state index in [9.17, 15) is 0 Å². The minimum atomic E-state index is 1.12. The van der Waals surface area contributed by atoms with E-state index in [2.05, 4.69) is 76.9 Å². The average Bonchev–Trinajstić information content (AvgIpc) is 3.36. The first kappa shape index (κ1) is 66.3. The van der Waals surface area contributed by atoms with Crippen LogP contribution in [0.15, 0.2) is 24.3 Å². The van der Waals surface area contributed by atoms with Gasteiger partial charge in [0.15, 0.2) is 0 Å². The molecule has 410 valence electrons. The molecule has 1 N–H and O–H groups in total. The van der Waals surface area contributed by atoms with E-state index in [1.165, 1.54) is 348 Å². The molecule has 0 aromatic rings. The maximum absolute atomic E-state index is 3.78. The van der Waals surface area contributed by atoms with Crippen LogP contribution in [0.4, 0.5) is 0 Å². The maximum atomic E-state index is 3.78. The smallest absolute Gasteiger partial charge is 0.0110 e. The van der Waals surface area contributed by atoms with Gasteiger partial charge in [0.1, 0.15) is 0 Å². The Balaban J connectivity index is 2.44. The third kappa shape index (κ3) is 49.3. The molecule has 0 radical (unpaired) electrons. The Hall–Kier alpha value is -0.720. The summed E-state index contributed by atoms with van der Waals surface area (Å²) in [5.41, 5.74) is 0. The second kappa shape index (κ2) is 56.6. The van der Waals surface area contributed by atoms with Crippen molar-refractivity contribution in [3.63, 3.8) is 0 Å². The van der Waals surface area contributed by atoms with E-state index in [4.69, 9.17) is 0 Å². The Morgan fingerprint density at radius 2 is 0.594 bits per heavy atom. The number of hydrogen-bond donors (Lipinski definition) is 1. The Labute approximate surface area is 436 Å². The van der Waals surface area contributed by atoms with E-state index in [0.717, 1.165) is 13.0 Å². The number of piperazine rings is 1. The van der Waals surface area contributed by atoms with Gasteiger partial charge in [0, 0.05) is 65.4 Å². The van der Waals surface area contributed by atoms with Gasteiger partial charge in [0.2, 0.25) is 0 Å². The van der Waals surface area contributed by atoms with Crippen LogP contribution in [0, 0.1) is 0 Å². The van der Waals surface area contributed by atoms with Gasteiger partial charge in [-0.1, -0.05) is 264 Å². The summed E-state index contributed by atoms with van der Waals surface area (Å²) in [6.45, 7) is 26.9. The summed E-state index contributed by atoms with van der Waals surface area (Å²) in [5, 5.41) is 3.78. The highest BCUT2D eigenvalue weighted by atomic mass is 15.3. The summed E-state index contributed by atoms with van der Waals surface area (Å²) in [6.07, 6.45) is 68.5. The number of nitrogens with zero attached hydrogens (tertiary/aromatic N) is 4. The lowest BCUT2D eigenvalue weighted by molar-refractivity contribution is 0.114. The van der Waals surface area contributed by atoms with E-state index in [0.29, 0.717) is 0 Å². The Bertz CT molecular complexity index is 982. The van der Waals surface area contributed by atoms with E-state index < -0.39 is 0 Å². The summed E-state index contributed by atoms with van der Waals surface area (Å²) in [5.74, 6) is 0. The SMILES string of the molecule is CCCCC/C=C\C/C=C\CCCCCCCCNCCN1CCN(CCN(CCCCCCCCCCCC)CCN(CCCCCCCCCCCC)CCCCCCCCCCCC)CC1. The van der Waals surface area contributed by atoms with E-state index >= 15 is 0 Å². The van der Waals surface area contributed by atoms with Crippen LogP contribution in [0.5, 0.6) is 0 Å². The number of allylic oxidation sites excluding steroid dienone is 4. The molecule has 0 saturated carbocycles. The number of unbranched alkanes of at least 4 members (excludes halogenated alkanes) is 36. The van der Waals surface area contributed by atoms with Crippen LogP contribution in [0.1, 0.15) is 297 Å². The first-order chi connectivity index (χ1) is 34.2. The summed E-state index contributed by atoms with van der Waals surface area (Å²) in [7, 11) is 0. The van der Waals surface area contributed by atoms with Crippen molar-refractivity contribution in [1.82, 2.24) is 24.9 Å². The molecule has 5 heteroatoms. The van der Waals surface area contributed by atoms with Gasteiger partial charge in [-0.25, -0.2) is 0 Å². The van der Waals surface area contributed by atoms with Crippen molar-refractivity contribution in [3.8, 4) is 0 Å². The molecule has 5 nitrogen and oxygen atoms in total. The lowest BCUT2D eigenvalue weighted by atomic mass is 10.1. The standard InChI is InChI=1S/C64H129N5/c1-5-9-13-17-21-25-29-30-31-32-33-34-35-39-43-47-51-65-52-56-68-60-63-69(64-61-68)62-59-67(55-50-46-42-38-28-24-20-16-12-8-4)58-57-66(53-48-44-40-36-26-22-18-14-10-6-2)54-49-45-41-37-27-23-19-15-11-7-3/h21,25,30-31,65H,5-20,22-24,26-29,32-64H2,1-4H3/b25-21-,31-30-. The molecule has 0 aromatic heterocycles. The normalized spacial score (nSPS) is 14.1. The highest BCUT2D eigenvalue weighted by Gasteiger charge is 2.18. The van der Waals surface area contributed by atoms with Crippen LogP contribution in [-0.2, 0) is 0 Å². The predicted molar refractivity (Wildman–Crippen MR) is 314 cm³/mol. The fourth-order valence-electron chi connectivity index (χ4n) is 10.5. The van der Waals surface area contributed by atoms with Crippen molar-refractivity contribution >= 4 is 0 Å². The van der Waals surface area contributed by atoms with Gasteiger partial charge in [0.05, 0.1) is 0 Å². The van der Waals surface area contributed by atoms with Crippen molar-refractivity contribution in [2.45, 2.75) is 297 Å². The molecule has 0 amide bonds. The average molecular weight is 969 g/mol. The fraction of sp³-hybridized carbons (Fsp3) is 0.938. The van der Waals surface area contributed by atoms with Crippen LogP contribution in [-0.4, -0.2) is 111 Å². The predicted octanol–water partition coefficient (Wildman–Crippen LogP) is 18.4. The second-order valence-electron chi connectivity index (χ2n) is 22.2. The summed E-state index contributed by atoms with van der Waals surface area (Å²) >= 11 is 0. The van der Waals surface area contributed by atoms with Crippen LogP contribution in [0.3, 0.4) is 0 Å². The minimum absolute atomic E-state index is 1.12. The van der Waals surface area contributed by atoms with Crippen molar-refractivity contribution in [3.05, 3.63) is 24.3 Å². The second-order valence-corrected chi connectivity index (χ2v) is 22.2. The van der Waals surface area contributed by atoms with Crippen molar-refractivity contribution in [2.75, 3.05) is 91.6 Å². The van der Waals surface area contributed by atoms with Crippen molar-refractivity contribution in [2.24, 2.45) is 0 Å². The Morgan fingerprint density at radius 1 is 0.290 bits per heavy atom. The van der Waals surface area contributed by atoms with Crippen LogP contribution >= 0.6 is 0 Å². The monoisotopic (exact) mass is 968 g/mol. The quantitative estimate of drug-likeness (QED) is 0.0484. The molecule has 0 aromatic carbocycles. The summed E-state index contributed by atoms with van der Waals surface area (Å²) in [4.78, 5) is 11.3. The van der Waals surface area contributed by atoms with Crippen LogP contribution in [0.2, 0.25) is 0 Å². The molecule has 1 heterocycles. The summed E-state index contributed by atoms with van der Waals surface area (Å²) < 4.78 is 0. The van der Waals surface area contributed by atoms with Gasteiger partial charge >= 0.3 is 0 Å². The van der Waals surface area contributed by atoms with Gasteiger partial charge in [-0.2, -0.15) is 0 Å². The lowest BCUT2D eigenvalue weighted by Gasteiger charge is -2.36. The Kier molecular flexibility index (Phi) is 54.4. The number of nitrogens with one attached hydrogen (secondary N) is 1. The Morgan fingerprint density at radius 3 is 1.00 bits per heavy atom. The van der Waals surface area contributed by atoms with Gasteiger partial charge in [-0.15, -0.1) is 0 Å². The molecule has 0 spiro atoms. The minimum Gasteiger partial charge on any atom is -0.315 e. The topological polar surface area (TPSA) is 25.0 Å². The van der Waals surface area contributed by atoms with Crippen LogP contribution < -0.4 is 5.32 Å². The van der Waals surface area contributed by atoms with Gasteiger partial charge in [-0.05, 0) is 84.0 Å². The highest BCUT2D eigenvalue weighted by Crippen LogP contribution is 2.15. The molecule has 0 bridgehead atoms. The van der Waals surface area contributed by atoms with Crippen LogP contribution in [0.25, 0.3) is 0 Å². The largest absolute Gasteiger partial charge is 0.315 e. The number of rotatable bonds is 57. The highest BCUT2D eigenvalue weighted by molar-refractivity contribution is 4.92. The van der Waals surface area contributed by atoms with Crippen molar-refractivity contribution in [1.29, 1.82) is 0 Å². The lowest BCUT2D eigenvalue weighted by Crippen LogP contribution is -2.50. The molecule has 1 aliphatic heterocycles. The molecule has 0 aliphatic carbocycles. The van der Waals surface area contributed by atoms with Gasteiger partial charge < -0.3 is 15.1 Å². The van der Waals surface area contributed by atoms with Gasteiger partial charge in [0.25, 0.3) is 0 Å². The molecule has 0 atom stereocenters. The molecule has 1 rings (SSSR count). The third-order valence-electron chi connectivity index (χ3n) is 15.6. The molecule has 1 saturated heterocycles. The van der Waals surface area contributed by atoms with E-state index in [1.807, 2.05) is 0 Å². The fourth-order valence-corrected chi connectivity index (χ4v) is 10.5. The molecular formula is C64H129N5. The van der Waals surface area contributed by atoms with E-state index in [-0.39, 0.29) is 0 Å². The third-order valence-corrected chi connectivity index (χ3v) is 15.6. The van der Waals surface area contributed by atoms with E-state index in [1.54, 1.807) is 0 Å².